The molecule has 0 radical (unpaired) electrons. The third-order valence-corrected chi connectivity index (χ3v) is 5.33. The lowest BCUT2D eigenvalue weighted by Gasteiger charge is -2.36. The topological polar surface area (TPSA) is 15.3 Å². The van der Waals surface area contributed by atoms with Gasteiger partial charge in [-0.3, -0.25) is 0 Å². The molecular weight excluding hydrogens is 220 g/mol. The van der Waals surface area contributed by atoms with Gasteiger partial charge < -0.3 is 10.2 Å². The van der Waals surface area contributed by atoms with Crippen LogP contribution in [0, 0.1) is 11.8 Å². The van der Waals surface area contributed by atoms with Crippen LogP contribution in [-0.4, -0.2) is 37.1 Å². The molecule has 2 unspecified atom stereocenters. The van der Waals surface area contributed by atoms with Crippen LogP contribution in [0.15, 0.2) is 0 Å². The molecule has 2 aliphatic rings. The van der Waals surface area contributed by atoms with Crippen LogP contribution in [-0.2, 0) is 0 Å². The quantitative estimate of drug-likeness (QED) is 0.826. The first-order valence-electron chi connectivity index (χ1n) is 8.08. The number of nitrogens with one attached hydrogen (secondary N) is 1. The molecule has 1 N–H and O–H groups in total. The van der Waals surface area contributed by atoms with E-state index in [2.05, 4.69) is 31.1 Å². The predicted octanol–water partition coefficient (Wildman–Crippen LogP) is 3.28. The number of likely N-dealkylation sites (tertiary alicyclic amines) is 1. The Kier molecular flexibility index (Phi) is 5.50. The number of piperidine rings is 1. The molecule has 1 aliphatic carbocycles. The van der Waals surface area contributed by atoms with E-state index in [-0.39, 0.29) is 0 Å². The zero-order valence-corrected chi connectivity index (χ0v) is 12.6. The molecule has 0 bridgehead atoms. The van der Waals surface area contributed by atoms with Crippen molar-refractivity contribution < 1.29 is 0 Å². The zero-order chi connectivity index (χ0) is 13.0. The lowest BCUT2D eigenvalue weighted by Crippen LogP contribution is -2.46. The largest absolute Gasteiger partial charge is 0.314 e. The first-order valence-corrected chi connectivity index (χ1v) is 8.08. The molecule has 1 saturated heterocycles. The van der Waals surface area contributed by atoms with Crippen molar-refractivity contribution in [1.82, 2.24) is 10.2 Å². The van der Waals surface area contributed by atoms with Crippen LogP contribution in [0.1, 0.15) is 58.8 Å². The van der Waals surface area contributed by atoms with Gasteiger partial charge in [0.15, 0.2) is 0 Å². The summed E-state index contributed by atoms with van der Waals surface area (Å²) >= 11 is 0. The minimum atomic E-state index is 0.756. The first-order chi connectivity index (χ1) is 8.65. The molecule has 0 aromatic carbocycles. The summed E-state index contributed by atoms with van der Waals surface area (Å²) in [4.78, 5) is 2.49. The fourth-order valence-corrected chi connectivity index (χ4v) is 3.58. The Labute approximate surface area is 114 Å². The van der Waals surface area contributed by atoms with Gasteiger partial charge in [0.2, 0.25) is 0 Å². The number of rotatable bonds is 4. The van der Waals surface area contributed by atoms with Crippen molar-refractivity contribution in [2.45, 2.75) is 70.9 Å². The van der Waals surface area contributed by atoms with Crippen molar-refractivity contribution >= 4 is 0 Å². The Morgan fingerprint density at radius 2 is 1.78 bits per heavy atom. The molecule has 1 aliphatic heterocycles. The Hall–Kier alpha value is -0.0800. The minimum absolute atomic E-state index is 0.756. The van der Waals surface area contributed by atoms with Gasteiger partial charge in [0, 0.05) is 12.1 Å². The SMILES string of the molecule is CC1CCC(CCNC2CCN(C)C(C)C2)CC1. The van der Waals surface area contributed by atoms with Crippen molar-refractivity contribution in [2.24, 2.45) is 11.8 Å². The fraction of sp³-hybridized carbons (Fsp3) is 1.00. The highest BCUT2D eigenvalue weighted by Gasteiger charge is 2.23. The minimum Gasteiger partial charge on any atom is -0.314 e. The van der Waals surface area contributed by atoms with Gasteiger partial charge >= 0.3 is 0 Å². The summed E-state index contributed by atoms with van der Waals surface area (Å²) in [5, 5.41) is 3.80. The van der Waals surface area contributed by atoms with Gasteiger partial charge in [0.1, 0.15) is 0 Å². The summed E-state index contributed by atoms with van der Waals surface area (Å²) in [5.41, 5.74) is 0. The van der Waals surface area contributed by atoms with E-state index in [1.807, 2.05) is 0 Å². The smallest absolute Gasteiger partial charge is 0.00940 e. The molecule has 2 rings (SSSR count). The van der Waals surface area contributed by atoms with E-state index in [9.17, 15) is 0 Å². The molecule has 106 valence electrons. The van der Waals surface area contributed by atoms with Crippen molar-refractivity contribution in [3.8, 4) is 0 Å². The van der Waals surface area contributed by atoms with Crippen LogP contribution in [0.3, 0.4) is 0 Å². The molecular formula is C16H32N2. The van der Waals surface area contributed by atoms with Crippen LogP contribution >= 0.6 is 0 Å². The average molecular weight is 252 g/mol. The Morgan fingerprint density at radius 1 is 1.06 bits per heavy atom. The maximum absolute atomic E-state index is 3.80. The van der Waals surface area contributed by atoms with Gasteiger partial charge in [-0.2, -0.15) is 0 Å². The standard InChI is InChI=1S/C16H32N2/c1-13-4-6-15(7-5-13)8-10-17-16-9-11-18(3)14(2)12-16/h13-17H,4-12H2,1-3H3. The van der Waals surface area contributed by atoms with Crippen molar-refractivity contribution in [3.63, 3.8) is 0 Å². The van der Waals surface area contributed by atoms with Crippen molar-refractivity contribution in [1.29, 1.82) is 0 Å². The second-order valence-corrected chi connectivity index (χ2v) is 6.92. The molecule has 0 amide bonds. The molecule has 2 heteroatoms. The van der Waals surface area contributed by atoms with Gasteiger partial charge in [0.05, 0.1) is 0 Å². The van der Waals surface area contributed by atoms with E-state index in [4.69, 9.17) is 0 Å². The van der Waals surface area contributed by atoms with Crippen molar-refractivity contribution in [3.05, 3.63) is 0 Å². The predicted molar refractivity (Wildman–Crippen MR) is 78.9 cm³/mol. The lowest BCUT2D eigenvalue weighted by molar-refractivity contribution is 0.166. The van der Waals surface area contributed by atoms with Gasteiger partial charge in [-0.25, -0.2) is 0 Å². The molecule has 1 heterocycles. The van der Waals surface area contributed by atoms with E-state index in [0.717, 1.165) is 23.9 Å². The maximum atomic E-state index is 3.80. The molecule has 18 heavy (non-hydrogen) atoms. The van der Waals surface area contributed by atoms with Gasteiger partial charge in [-0.1, -0.05) is 32.6 Å². The van der Waals surface area contributed by atoms with E-state index >= 15 is 0 Å². The molecule has 0 aromatic rings. The summed E-state index contributed by atoms with van der Waals surface area (Å²) in [7, 11) is 2.25. The third-order valence-electron chi connectivity index (χ3n) is 5.33. The van der Waals surface area contributed by atoms with Crippen LogP contribution in [0.2, 0.25) is 0 Å². The third kappa shape index (κ3) is 4.24. The Balaban J connectivity index is 1.58. The van der Waals surface area contributed by atoms with Gasteiger partial charge in [0.25, 0.3) is 0 Å². The van der Waals surface area contributed by atoms with E-state index in [0.29, 0.717) is 0 Å². The summed E-state index contributed by atoms with van der Waals surface area (Å²) < 4.78 is 0. The first kappa shape index (κ1) is 14.3. The highest BCUT2D eigenvalue weighted by molar-refractivity contribution is 4.81. The van der Waals surface area contributed by atoms with Crippen molar-refractivity contribution in [2.75, 3.05) is 20.1 Å². The van der Waals surface area contributed by atoms with E-state index in [1.165, 1.54) is 58.0 Å². The van der Waals surface area contributed by atoms with Crippen LogP contribution in [0.5, 0.6) is 0 Å². The zero-order valence-electron chi connectivity index (χ0n) is 12.6. The molecule has 1 saturated carbocycles. The van der Waals surface area contributed by atoms with Gasteiger partial charge in [-0.15, -0.1) is 0 Å². The number of hydrogen-bond acceptors (Lipinski definition) is 2. The molecule has 2 nitrogen and oxygen atoms in total. The summed E-state index contributed by atoms with van der Waals surface area (Å²) in [5.74, 6) is 2.00. The highest BCUT2D eigenvalue weighted by atomic mass is 15.1. The molecule has 2 atom stereocenters. The summed E-state index contributed by atoms with van der Waals surface area (Å²) in [6.45, 7) is 7.28. The van der Waals surface area contributed by atoms with Crippen LogP contribution < -0.4 is 5.32 Å². The Morgan fingerprint density at radius 3 is 2.44 bits per heavy atom. The maximum Gasteiger partial charge on any atom is 0.00940 e. The second-order valence-electron chi connectivity index (χ2n) is 6.92. The molecule has 2 fully saturated rings. The lowest BCUT2D eigenvalue weighted by atomic mass is 9.81. The number of nitrogens with zero attached hydrogens (tertiary/aromatic N) is 1. The average Bonchev–Trinajstić information content (AvgIpc) is 2.36. The normalized spacial score (nSPS) is 38.8. The van der Waals surface area contributed by atoms with E-state index in [1.54, 1.807) is 0 Å². The van der Waals surface area contributed by atoms with E-state index < -0.39 is 0 Å². The summed E-state index contributed by atoms with van der Waals surface area (Å²) in [6, 6.07) is 1.53. The van der Waals surface area contributed by atoms with Crippen LogP contribution in [0.4, 0.5) is 0 Å². The molecule has 0 spiro atoms. The summed E-state index contributed by atoms with van der Waals surface area (Å²) in [6.07, 6.45) is 9.97. The van der Waals surface area contributed by atoms with Crippen LogP contribution in [0.25, 0.3) is 0 Å². The Bertz CT molecular complexity index is 233. The molecule has 0 aromatic heterocycles. The monoisotopic (exact) mass is 252 g/mol. The van der Waals surface area contributed by atoms with Gasteiger partial charge in [-0.05, 0) is 58.2 Å². The number of hydrogen-bond donors (Lipinski definition) is 1. The second kappa shape index (κ2) is 6.91. The highest BCUT2D eigenvalue weighted by Crippen LogP contribution is 2.30. The fourth-order valence-electron chi connectivity index (χ4n) is 3.58.